The van der Waals surface area contributed by atoms with E-state index in [0.717, 1.165) is 20.9 Å². The third-order valence-electron chi connectivity index (χ3n) is 5.27. The summed E-state index contributed by atoms with van der Waals surface area (Å²) in [5.74, 6) is 1.10. The van der Waals surface area contributed by atoms with Crippen LogP contribution in [0, 0.1) is 0 Å². The molecule has 4 rings (SSSR count). The molecule has 1 unspecified atom stereocenters. The Bertz CT molecular complexity index is 1370. The maximum atomic E-state index is 12.9. The van der Waals surface area contributed by atoms with E-state index in [1.807, 2.05) is 37.3 Å². The van der Waals surface area contributed by atoms with E-state index < -0.39 is 0 Å². The molecule has 0 aliphatic rings. The van der Waals surface area contributed by atoms with Gasteiger partial charge in [0.1, 0.15) is 22.8 Å². The van der Waals surface area contributed by atoms with E-state index in [0.29, 0.717) is 27.9 Å². The van der Waals surface area contributed by atoms with Gasteiger partial charge < -0.3 is 24.8 Å². The second kappa shape index (κ2) is 11.3. The lowest BCUT2D eigenvalue weighted by Gasteiger charge is -2.14. The van der Waals surface area contributed by atoms with E-state index in [4.69, 9.17) is 14.2 Å². The molecule has 0 radical (unpaired) electrons. The average molecular weight is 524 g/mol. The van der Waals surface area contributed by atoms with Crippen molar-refractivity contribution < 1.29 is 23.8 Å². The Balaban J connectivity index is 1.37. The lowest BCUT2D eigenvalue weighted by molar-refractivity contribution is -0.115. The van der Waals surface area contributed by atoms with Crippen LogP contribution in [0.4, 0.5) is 10.8 Å². The standard InChI is InChI=1S/C26H25N3O5S2/c1-15(24(30)29-26-28-19-13-10-17(32-2)14-22(19)36-26)35-18-11-8-16(9-12-18)27-25(31)23-20(33-3)6-5-7-21(23)34-4/h5-15H,1-4H3,(H,27,31)(H,28,29,30). The molecule has 0 fully saturated rings. The first kappa shape index (κ1) is 25.3. The summed E-state index contributed by atoms with van der Waals surface area (Å²) >= 11 is 2.81. The van der Waals surface area contributed by atoms with Crippen LogP contribution >= 0.6 is 23.1 Å². The molecule has 0 aliphatic heterocycles. The normalized spacial score (nSPS) is 11.6. The van der Waals surface area contributed by atoms with Crippen LogP contribution < -0.4 is 24.8 Å². The molecule has 1 aromatic heterocycles. The van der Waals surface area contributed by atoms with Crippen LogP contribution in [0.2, 0.25) is 0 Å². The van der Waals surface area contributed by atoms with Gasteiger partial charge in [0.25, 0.3) is 5.91 Å². The highest BCUT2D eigenvalue weighted by molar-refractivity contribution is 8.00. The number of benzene rings is 3. The van der Waals surface area contributed by atoms with Crippen molar-refractivity contribution in [3.05, 3.63) is 66.2 Å². The number of aromatic nitrogens is 1. The molecule has 0 aliphatic carbocycles. The molecule has 1 heterocycles. The Kier molecular flexibility index (Phi) is 7.97. The summed E-state index contributed by atoms with van der Waals surface area (Å²) in [6.45, 7) is 1.83. The van der Waals surface area contributed by atoms with Crippen LogP contribution in [-0.4, -0.2) is 43.4 Å². The number of nitrogens with one attached hydrogen (secondary N) is 2. The fraction of sp³-hybridized carbons (Fsp3) is 0.192. The molecule has 4 aromatic rings. The third-order valence-corrected chi connectivity index (χ3v) is 7.32. The summed E-state index contributed by atoms with van der Waals surface area (Å²) in [7, 11) is 4.62. The third kappa shape index (κ3) is 5.72. The van der Waals surface area contributed by atoms with Crippen molar-refractivity contribution in [3.8, 4) is 17.2 Å². The summed E-state index contributed by atoms with van der Waals surface area (Å²) in [6, 6.07) is 18.0. The van der Waals surface area contributed by atoms with Crippen molar-refractivity contribution in [3.63, 3.8) is 0 Å². The highest BCUT2D eigenvalue weighted by Gasteiger charge is 2.19. The van der Waals surface area contributed by atoms with Crippen LogP contribution in [0.3, 0.4) is 0 Å². The number of ether oxygens (including phenoxy) is 3. The molecule has 0 bridgehead atoms. The van der Waals surface area contributed by atoms with Gasteiger partial charge in [-0.05, 0) is 61.5 Å². The van der Waals surface area contributed by atoms with Crippen LogP contribution in [-0.2, 0) is 4.79 Å². The van der Waals surface area contributed by atoms with Crippen LogP contribution in [0.5, 0.6) is 17.2 Å². The number of methoxy groups -OCH3 is 3. The molecule has 1 atom stereocenters. The lowest BCUT2D eigenvalue weighted by atomic mass is 10.1. The highest BCUT2D eigenvalue weighted by atomic mass is 32.2. The maximum absolute atomic E-state index is 12.9. The number of thioether (sulfide) groups is 1. The molecule has 8 nitrogen and oxygen atoms in total. The molecule has 36 heavy (non-hydrogen) atoms. The Morgan fingerprint density at radius 2 is 1.61 bits per heavy atom. The zero-order chi connectivity index (χ0) is 25.7. The zero-order valence-electron chi connectivity index (χ0n) is 20.2. The second-order valence-electron chi connectivity index (χ2n) is 7.62. The van der Waals surface area contributed by atoms with Crippen molar-refractivity contribution in [1.29, 1.82) is 0 Å². The molecule has 3 aromatic carbocycles. The van der Waals surface area contributed by atoms with Gasteiger partial charge in [0.2, 0.25) is 5.91 Å². The molecule has 0 saturated carbocycles. The van der Waals surface area contributed by atoms with E-state index >= 15 is 0 Å². The lowest BCUT2D eigenvalue weighted by Crippen LogP contribution is -2.22. The van der Waals surface area contributed by atoms with Gasteiger partial charge in [-0.3, -0.25) is 9.59 Å². The molecule has 186 valence electrons. The van der Waals surface area contributed by atoms with Crippen molar-refractivity contribution in [1.82, 2.24) is 4.98 Å². The molecular weight excluding hydrogens is 498 g/mol. The molecule has 0 saturated heterocycles. The number of anilines is 2. The van der Waals surface area contributed by atoms with Crippen LogP contribution in [0.25, 0.3) is 10.2 Å². The number of carbonyl (C=O) groups is 2. The quantitative estimate of drug-likeness (QED) is 0.272. The predicted molar refractivity (Wildman–Crippen MR) is 144 cm³/mol. The molecular formula is C26H25N3O5S2. The summed E-state index contributed by atoms with van der Waals surface area (Å²) in [5.41, 5.74) is 1.73. The van der Waals surface area contributed by atoms with Crippen molar-refractivity contribution in [2.24, 2.45) is 0 Å². The van der Waals surface area contributed by atoms with E-state index in [1.54, 1.807) is 37.4 Å². The monoisotopic (exact) mass is 523 g/mol. The number of hydrogen-bond donors (Lipinski definition) is 2. The van der Waals surface area contributed by atoms with Gasteiger partial charge in [0.05, 0.1) is 36.8 Å². The summed E-state index contributed by atoms with van der Waals surface area (Å²) in [4.78, 5) is 31.0. The number of thiazole rings is 1. The first-order valence-electron chi connectivity index (χ1n) is 11.0. The van der Waals surface area contributed by atoms with Gasteiger partial charge in [-0.2, -0.15) is 0 Å². The summed E-state index contributed by atoms with van der Waals surface area (Å²) in [6.07, 6.45) is 0. The van der Waals surface area contributed by atoms with Gasteiger partial charge in [-0.15, -0.1) is 11.8 Å². The Labute approximate surface area is 217 Å². The second-order valence-corrected chi connectivity index (χ2v) is 10.1. The molecule has 2 N–H and O–H groups in total. The number of fused-ring (bicyclic) bond motifs is 1. The zero-order valence-corrected chi connectivity index (χ0v) is 21.8. The largest absolute Gasteiger partial charge is 0.497 e. The number of rotatable bonds is 9. The van der Waals surface area contributed by atoms with Gasteiger partial charge in [0, 0.05) is 10.6 Å². The van der Waals surface area contributed by atoms with Crippen molar-refractivity contribution >= 4 is 55.9 Å². The van der Waals surface area contributed by atoms with Crippen LogP contribution in [0.1, 0.15) is 17.3 Å². The van der Waals surface area contributed by atoms with Gasteiger partial charge >= 0.3 is 0 Å². The Morgan fingerprint density at radius 1 is 0.917 bits per heavy atom. The van der Waals surface area contributed by atoms with E-state index in [1.165, 1.54) is 37.3 Å². The SMILES string of the molecule is COc1ccc2nc(NC(=O)C(C)Sc3ccc(NC(=O)c4c(OC)cccc4OC)cc3)sc2c1. The Hall–Kier alpha value is -3.76. The fourth-order valence-corrected chi connectivity index (χ4v) is 5.20. The summed E-state index contributed by atoms with van der Waals surface area (Å²) < 4.78 is 16.8. The Morgan fingerprint density at radius 3 is 2.25 bits per heavy atom. The number of hydrogen-bond acceptors (Lipinski definition) is 8. The molecule has 0 spiro atoms. The van der Waals surface area contributed by atoms with Gasteiger partial charge in [-0.25, -0.2) is 4.98 Å². The van der Waals surface area contributed by atoms with Gasteiger partial charge in [-0.1, -0.05) is 17.4 Å². The first-order valence-corrected chi connectivity index (χ1v) is 12.7. The van der Waals surface area contributed by atoms with E-state index in [9.17, 15) is 9.59 Å². The minimum absolute atomic E-state index is 0.147. The smallest absolute Gasteiger partial charge is 0.263 e. The number of nitrogens with zero attached hydrogens (tertiary/aromatic N) is 1. The number of carbonyl (C=O) groups excluding carboxylic acids is 2. The number of amides is 2. The average Bonchev–Trinajstić information content (AvgIpc) is 3.30. The van der Waals surface area contributed by atoms with E-state index in [-0.39, 0.29) is 17.1 Å². The van der Waals surface area contributed by atoms with E-state index in [2.05, 4.69) is 15.6 Å². The van der Waals surface area contributed by atoms with Crippen molar-refractivity contribution in [2.45, 2.75) is 17.1 Å². The topological polar surface area (TPSA) is 98.8 Å². The minimum atomic E-state index is -0.357. The molecule has 10 heteroatoms. The van der Waals surface area contributed by atoms with Crippen LogP contribution in [0.15, 0.2) is 65.6 Å². The highest BCUT2D eigenvalue weighted by Crippen LogP contribution is 2.32. The summed E-state index contributed by atoms with van der Waals surface area (Å²) in [5, 5.41) is 5.94. The van der Waals surface area contributed by atoms with Crippen molar-refractivity contribution in [2.75, 3.05) is 32.0 Å². The fourth-order valence-electron chi connectivity index (χ4n) is 3.44. The molecule has 2 amide bonds. The minimum Gasteiger partial charge on any atom is -0.497 e. The maximum Gasteiger partial charge on any atom is 0.263 e. The first-order chi connectivity index (χ1) is 17.4. The van der Waals surface area contributed by atoms with Gasteiger partial charge in [0.15, 0.2) is 5.13 Å². The predicted octanol–water partition coefficient (Wildman–Crippen LogP) is 5.69.